The molecule has 3 rings (SSSR count). The maximum atomic E-state index is 13.1. The Hall–Kier alpha value is -1.56. The summed E-state index contributed by atoms with van der Waals surface area (Å²) in [7, 11) is 0. The van der Waals surface area contributed by atoms with E-state index in [2.05, 4.69) is 0 Å². The Labute approximate surface area is 173 Å². The van der Waals surface area contributed by atoms with Crippen LogP contribution in [0, 0.1) is 5.92 Å². The van der Waals surface area contributed by atoms with Gasteiger partial charge in [-0.2, -0.15) is 0 Å². The number of nitrogens with zero attached hydrogens (tertiary/aromatic N) is 2. The van der Waals surface area contributed by atoms with Crippen LogP contribution in [-0.4, -0.2) is 39.5 Å². The van der Waals surface area contributed by atoms with Gasteiger partial charge in [-0.1, -0.05) is 59.6 Å². The zero-order chi connectivity index (χ0) is 19.2. The fraction of sp³-hybridized carbons (Fsp3) is 0.400. The molecule has 0 spiro atoms. The molecule has 0 saturated heterocycles. The van der Waals surface area contributed by atoms with Crippen LogP contribution < -0.4 is 0 Å². The van der Waals surface area contributed by atoms with Gasteiger partial charge in [-0.25, -0.2) is 0 Å². The second kappa shape index (κ2) is 9.58. The van der Waals surface area contributed by atoms with Gasteiger partial charge in [-0.15, -0.1) is 11.3 Å². The van der Waals surface area contributed by atoms with E-state index in [-0.39, 0.29) is 12.5 Å². The Morgan fingerprint density at radius 1 is 1.04 bits per heavy atom. The predicted octanol–water partition coefficient (Wildman–Crippen LogP) is 4.32. The number of thiophene rings is 1. The number of hydrogen-bond donors (Lipinski definition) is 0. The van der Waals surface area contributed by atoms with E-state index in [4.69, 9.17) is 23.2 Å². The summed E-state index contributed by atoms with van der Waals surface area (Å²) >= 11 is 13.2. The van der Waals surface area contributed by atoms with Gasteiger partial charge in [0, 0.05) is 18.0 Å². The van der Waals surface area contributed by atoms with Crippen molar-refractivity contribution in [2.24, 2.45) is 5.92 Å². The molecule has 1 fully saturated rings. The van der Waals surface area contributed by atoms with E-state index in [0.29, 0.717) is 25.6 Å². The molecule has 0 aliphatic heterocycles. The second-order valence-corrected chi connectivity index (χ2v) is 8.91. The summed E-state index contributed by atoms with van der Waals surface area (Å²) in [6.07, 6.45) is 2.16. The number of amides is 2. The molecule has 7 heteroatoms. The molecule has 1 heterocycles. The fourth-order valence-corrected chi connectivity index (χ4v) is 3.87. The molecular formula is C20H22Cl2N2O2S. The van der Waals surface area contributed by atoms with E-state index in [1.165, 1.54) is 4.90 Å². The summed E-state index contributed by atoms with van der Waals surface area (Å²) < 4.78 is 0. The zero-order valence-corrected chi connectivity index (χ0v) is 17.2. The lowest BCUT2D eigenvalue weighted by atomic mass is 10.2. The van der Waals surface area contributed by atoms with Gasteiger partial charge in [0.25, 0.3) is 5.91 Å². The zero-order valence-electron chi connectivity index (χ0n) is 14.9. The molecule has 1 aromatic heterocycles. The number of hydrogen-bond acceptors (Lipinski definition) is 3. The summed E-state index contributed by atoms with van der Waals surface area (Å²) in [4.78, 5) is 28.7. The molecule has 1 aliphatic rings. The number of halogens is 2. The van der Waals surface area contributed by atoms with Crippen molar-refractivity contribution in [2.75, 3.05) is 13.1 Å². The highest BCUT2D eigenvalue weighted by Crippen LogP contribution is 2.30. The number of rotatable bonds is 9. The fourth-order valence-electron chi connectivity index (χ4n) is 2.87. The minimum Gasteiger partial charge on any atom is -0.332 e. The Morgan fingerprint density at radius 2 is 1.78 bits per heavy atom. The summed E-state index contributed by atoms with van der Waals surface area (Å²) in [5.74, 6) is -0.0432. The van der Waals surface area contributed by atoms with Gasteiger partial charge in [0.1, 0.15) is 0 Å². The lowest BCUT2D eigenvalue weighted by Gasteiger charge is -2.28. The van der Waals surface area contributed by atoms with Gasteiger partial charge < -0.3 is 9.80 Å². The number of carbonyl (C=O) groups excluding carboxylic acids is 2. The van der Waals surface area contributed by atoms with Gasteiger partial charge >= 0.3 is 0 Å². The SMILES string of the molecule is O=C(CN(CC1CC1)C(=O)C(Cl)Cl)N(Cc1ccccc1)Cc1cccs1. The Kier molecular flexibility index (Phi) is 7.16. The third kappa shape index (κ3) is 6.23. The quantitative estimate of drug-likeness (QED) is 0.562. The van der Waals surface area contributed by atoms with Crippen LogP contribution in [0.15, 0.2) is 47.8 Å². The molecule has 1 aromatic carbocycles. The van der Waals surface area contributed by atoms with Crippen LogP contribution >= 0.6 is 34.5 Å². The third-order valence-electron chi connectivity index (χ3n) is 4.50. The normalized spacial score (nSPS) is 13.6. The van der Waals surface area contributed by atoms with E-state index < -0.39 is 10.7 Å². The van der Waals surface area contributed by atoms with Crippen LogP contribution in [0.25, 0.3) is 0 Å². The van der Waals surface area contributed by atoms with Gasteiger partial charge in [0.05, 0.1) is 13.1 Å². The minimum absolute atomic E-state index is 0.00345. The molecule has 1 saturated carbocycles. The van der Waals surface area contributed by atoms with E-state index in [1.54, 1.807) is 16.2 Å². The van der Waals surface area contributed by atoms with Crippen molar-refractivity contribution in [3.63, 3.8) is 0 Å². The molecule has 2 aromatic rings. The van der Waals surface area contributed by atoms with Crippen LogP contribution in [0.3, 0.4) is 0 Å². The molecule has 4 nitrogen and oxygen atoms in total. The monoisotopic (exact) mass is 424 g/mol. The van der Waals surface area contributed by atoms with E-state index >= 15 is 0 Å². The lowest BCUT2D eigenvalue weighted by Crippen LogP contribution is -2.45. The molecule has 144 valence electrons. The van der Waals surface area contributed by atoms with Crippen molar-refractivity contribution in [1.29, 1.82) is 0 Å². The number of carbonyl (C=O) groups is 2. The van der Waals surface area contributed by atoms with Crippen molar-refractivity contribution in [3.05, 3.63) is 58.3 Å². The van der Waals surface area contributed by atoms with Gasteiger partial charge in [0.2, 0.25) is 5.91 Å². The molecule has 0 radical (unpaired) electrons. The van der Waals surface area contributed by atoms with Crippen molar-refractivity contribution in [1.82, 2.24) is 9.80 Å². The van der Waals surface area contributed by atoms with E-state index in [1.807, 2.05) is 47.8 Å². The average molecular weight is 425 g/mol. The van der Waals surface area contributed by atoms with Gasteiger partial charge in [-0.05, 0) is 35.8 Å². The first-order valence-corrected chi connectivity index (χ1v) is 10.7. The molecular weight excluding hydrogens is 403 g/mol. The molecule has 2 amide bonds. The number of alkyl halides is 2. The molecule has 0 atom stereocenters. The third-order valence-corrected chi connectivity index (χ3v) is 5.73. The molecule has 1 aliphatic carbocycles. The maximum Gasteiger partial charge on any atom is 0.256 e. The van der Waals surface area contributed by atoms with Crippen molar-refractivity contribution < 1.29 is 9.59 Å². The highest BCUT2D eigenvalue weighted by Gasteiger charge is 2.31. The summed E-state index contributed by atoms with van der Waals surface area (Å²) in [5, 5.41) is 2.00. The first-order valence-electron chi connectivity index (χ1n) is 8.94. The van der Waals surface area contributed by atoms with E-state index in [9.17, 15) is 9.59 Å². The molecule has 27 heavy (non-hydrogen) atoms. The summed E-state index contributed by atoms with van der Waals surface area (Å²) in [5.41, 5.74) is 1.05. The molecule has 0 bridgehead atoms. The Morgan fingerprint density at radius 3 is 2.37 bits per heavy atom. The van der Waals surface area contributed by atoms with Crippen LogP contribution in [0.2, 0.25) is 0 Å². The first-order chi connectivity index (χ1) is 13.0. The van der Waals surface area contributed by atoms with Crippen LogP contribution in [0.5, 0.6) is 0 Å². The standard InChI is InChI=1S/C20H22Cl2N2O2S/c21-19(22)20(26)24(12-16-8-9-16)14-18(25)23(13-17-7-4-10-27-17)11-15-5-2-1-3-6-15/h1-7,10,16,19H,8-9,11-14H2. The van der Waals surface area contributed by atoms with Gasteiger partial charge in [0.15, 0.2) is 4.84 Å². The predicted molar refractivity (Wildman–Crippen MR) is 110 cm³/mol. The highest BCUT2D eigenvalue weighted by atomic mass is 35.5. The highest BCUT2D eigenvalue weighted by molar-refractivity contribution is 7.09. The second-order valence-electron chi connectivity index (χ2n) is 6.78. The largest absolute Gasteiger partial charge is 0.332 e. The maximum absolute atomic E-state index is 13.1. The minimum atomic E-state index is -1.14. The van der Waals surface area contributed by atoms with E-state index in [0.717, 1.165) is 23.3 Å². The average Bonchev–Trinajstić information content (AvgIpc) is 3.33. The van der Waals surface area contributed by atoms with Gasteiger partial charge in [-0.3, -0.25) is 9.59 Å². The van der Waals surface area contributed by atoms with Crippen LogP contribution in [0.1, 0.15) is 23.3 Å². The summed E-state index contributed by atoms with van der Waals surface area (Å²) in [6.45, 7) is 1.55. The van der Waals surface area contributed by atoms with Crippen molar-refractivity contribution >= 4 is 46.4 Å². The lowest BCUT2D eigenvalue weighted by molar-refractivity contribution is -0.140. The Balaban J connectivity index is 1.72. The smallest absolute Gasteiger partial charge is 0.256 e. The topological polar surface area (TPSA) is 40.6 Å². The summed E-state index contributed by atoms with van der Waals surface area (Å²) in [6, 6.07) is 13.8. The molecule has 0 N–H and O–H groups in total. The molecule has 0 unspecified atom stereocenters. The first kappa shape index (κ1) is 20.2. The number of benzene rings is 1. The van der Waals surface area contributed by atoms with Crippen LogP contribution in [0.4, 0.5) is 0 Å². The van der Waals surface area contributed by atoms with Crippen LogP contribution in [-0.2, 0) is 22.7 Å². The van der Waals surface area contributed by atoms with Crippen molar-refractivity contribution in [2.45, 2.75) is 30.8 Å². The van der Waals surface area contributed by atoms with Crippen molar-refractivity contribution in [3.8, 4) is 0 Å². The Bertz CT molecular complexity index is 749.